The molecule has 1 N–H and O–H groups in total. The van der Waals surface area contributed by atoms with Gasteiger partial charge in [-0.2, -0.15) is 5.26 Å². The van der Waals surface area contributed by atoms with E-state index in [0.717, 1.165) is 18.4 Å². The first-order valence-electron chi connectivity index (χ1n) is 6.67. The predicted molar refractivity (Wildman–Crippen MR) is 82.4 cm³/mol. The molecular weight excluding hydrogens is 284 g/mol. The molecule has 4 nitrogen and oxygen atoms in total. The summed E-state index contributed by atoms with van der Waals surface area (Å²) in [7, 11) is -3.68. The van der Waals surface area contributed by atoms with Gasteiger partial charge in [0.2, 0.25) is 0 Å². The molecule has 0 heterocycles. The molecule has 2 rings (SSSR count). The summed E-state index contributed by atoms with van der Waals surface area (Å²) in [6, 6.07) is 15.3. The zero-order valence-electron chi connectivity index (χ0n) is 11.7. The number of nitrogens with one attached hydrogen (secondary N) is 1. The summed E-state index contributed by atoms with van der Waals surface area (Å²) in [5.74, 6) is 0. The van der Waals surface area contributed by atoms with E-state index >= 15 is 0 Å². The minimum Gasteiger partial charge on any atom is -0.278 e. The third-order valence-electron chi connectivity index (χ3n) is 3.06. The number of sulfonamides is 1. The van der Waals surface area contributed by atoms with E-state index in [-0.39, 0.29) is 10.6 Å². The van der Waals surface area contributed by atoms with Crippen molar-refractivity contribution in [1.82, 2.24) is 0 Å². The Morgan fingerprint density at radius 3 is 2.38 bits per heavy atom. The van der Waals surface area contributed by atoms with Crippen LogP contribution >= 0.6 is 0 Å². The van der Waals surface area contributed by atoms with Crippen LogP contribution in [0.2, 0.25) is 0 Å². The second kappa shape index (κ2) is 6.42. The lowest BCUT2D eigenvalue weighted by molar-refractivity contribution is 0.601. The molecule has 0 bridgehead atoms. The molecule has 0 saturated carbocycles. The molecule has 108 valence electrons. The van der Waals surface area contributed by atoms with Crippen LogP contribution < -0.4 is 4.72 Å². The summed E-state index contributed by atoms with van der Waals surface area (Å²) in [6.45, 7) is 2.07. The normalized spacial score (nSPS) is 10.9. The van der Waals surface area contributed by atoms with Gasteiger partial charge < -0.3 is 0 Å². The molecule has 2 aromatic carbocycles. The number of nitrogens with zero attached hydrogens (tertiary/aromatic N) is 1. The van der Waals surface area contributed by atoms with Gasteiger partial charge in [0.15, 0.2) is 0 Å². The Bertz CT molecular complexity index is 760. The van der Waals surface area contributed by atoms with E-state index in [1.165, 1.54) is 0 Å². The van der Waals surface area contributed by atoms with Crippen LogP contribution in [0.5, 0.6) is 0 Å². The fourth-order valence-electron chi connectivity index (χ4n) is 2.00. The molecule has 5 heteroatoms. The van der Waals surface area contributed by atoms with Gasteiger partial charge in [-0.25, -0.2) is 8.42 Å². The minimum atomic E-state index is -3.68. The molecule has 2 aromatic rings. The number of nitriles is 1. The molecule has 0 unspecified atom stereocenters. The SMILES string of the molecule is CCCc1ccc(S(=O)(=O)Nc2ccccc2C#N)cc1. The van der Waals surface area contributed by atoms with Crippen molar-refractivity contribution in [3.63, 3.8) is 0 Å². The van der Waals surface area contributed by atoms with Crippen LogP contribution in [-0.2, 0) is 16.4 Å². The highest BCUT2D eigenvalue weighted by atomic mass is 32.2. The van der Waals surface area contributed by atoms with Gasteiger partial charge in [-0.1, -0.05) is 37.6 Å². The molecule has 0 aliphatic rings. The van der Waals surface area contributed by atoms with Crippen LogP contribution in [0.25, 0.3) is 0 Å². The first kappa shape index (κ1) is 15.1. The van der Waals surface area contributed by atoms with Crippen molar-refractivity contribution in [2.45, 2.75) is 24.7 Å². The van der Waals surface area contributed by atoms with E-state index in [1.54, 1.807) is 36.4 Å². The van der Waals surface area contributed by atoms with Crippen molar-refractivity contribution in [1.29, 1.82) is 5.26 Å². The van der Waals surface area contributed by atoms with Crippen molar-refractivity contribution in [2.24, 2.45) is 0 Å². The van der Waals surface area contributed by atoms with Crippen LogP contribution in [0.1, 0.15) is 24.5 Å². The number of anilines is 1. The van der Waals surface area contributed by atoms with Crippen LogP contribution in [-0.4, -0.2) is 8.42 Å². The lowest BCUT2D eigenvalue weighted by atomic mass is 10.1. The number of hydrogen-bond donors (Lipinski definition) is 1. The molecule has 0 fully saturated rings. The average Bonchev–Trinajstić information content (AvgIpc) is 2.48. The lowest BCUT2D eigenvalue weighted by Crippen LogP contribution is -2.13. The van der Waals surface area contributed by atoms with Gasteiger partial charge in [0.25, 0.3) is 10.0 Å². The van der Waals surface area contributed by atoms with E-state index in [1.807, 2.05) is 18.2 Å². The quantitative estimate of drug-likeness (QED) is 0.921. The van der Waals surface area contributed by atoms with Crippen molar-refractivity contribution in [2.75, 3.05) is 4.72 Å². The van der Waals surface area contributed by atoms with Crippen molar-refractivity contribution in [3.8, 4) is 6.07 Å². The van der Waals surface area contributed by atoms with Crippen LogP contribution in [0.4, 0.5) is 5.69 Å². The lowest BCUT2D eigenvalue weighted by Gasteiger charge is -2.09. The molecule has 0 aromatic heterocycles. The van der Waals surface area contributed by atoms with Crippen LogP contribution in [0.3, 0.4) is 0 Å². The molecule has 0 aliphatic carbocycles. The van der Waals surface area contributed by atoms with Crippen molar-refractivity contribution < 1.29 is 8.42 Å². The van der Waals surface area contributed by atoms with E-state index in [9.17, 15) is 8.42 Å². The zero-order chi connectivity index (χ0) is 15.3. The largest absolute Gasteiger partial charge is 0.278 e. The second-order valence-electron chi connectivity index (χ2n) is 4.66. The standard InChI is InChI=1S/C16H16N2O2S/c1-2-5-13-8-10-15(11-9-13)21(19,20)18-16-7-4-3-6-14(16)12-17/h3-4,6-11,18H,2,5H2,1H3. The molecule has 0 aliphatic heterocycles. The molecule has 0 saturated heterocycles. The Labute approximate surface area is 125 Å². The third-order valence-corrected chi connectivity index (χ3v) is 4.45. The fraction of sp³-hybridized carbons (Fsp3) is 0.188. The molecule has 0 atom stereocenters. The van der Waals surface area contributed by atoms with E-state index in [2.05, 4.69) is 11.6 Å². The Kier molecular flexibility index (Phi) is 4.61. The Balaban J connectivity index is 2.28. The molecule has 0 radical (unpaired) electrons. The first-order chi connectivity index (χ1) is 10.1. The monoisotopic (exact) mass is 300 g/mol. The maximum absolute atomic E-state index is 12.3. The predicted octanol–water partition coefficient (Wildman–Crippen LogP) is 3.31. The molecule has 0 amide bonds. The van der Waals surface area contributed by atoms with Gasteiger partial charge in [0.1, 0.15) is 6.07 Å². The second-order valence-corrected chi connectivity index (χ2v) is 6.34. The zero-order valence-corrected chi connectivity index (χ0v) is 12.5. The first-order valence-corrected chi connectivity index (χ1v) is 8.16. The van der Waals surface area contributed by atoms with Gasteiger partial charge in [0, 0.05) is 0 Å². The number of aryl methyl sites for hydroxylation is 1. The highest BCUT2D eigenvalue weighted by Crippen LogP contribution is 2.20. The van der Waals surface area contributed by atoms with E-state index in [4.69, 9.17) is 5.26 Å². The van der Waals surface area contributed by atoms with Gasteiger partial charge in [0.05, 0.1) is 16.1 Å². The summed E-state index contributed by atoms with van der Waals surface area (Å²) in [4.78, 5) is 0.190. The molecule has 0 spiro atoms. The highest BCUT2D eigenvalue weighted by Gasteiger charge is 2.15. The smallest absolute Gasteiger partial charge is 0.261 e. The Hall–Kier alpha value is -2.32. The third kappa shape index (κ3) is 3.61. The number of benzene rings is 2. The average molecular weight is 300 g/mol. The minimum absolute atomic E-state index is 0.190. The van der Waals surface area contributed by atoms with Crippen LogP contribution in [0.15, 0.2) is 53.4 Å². The van der Waals surface area contributed by atoms with Gasteiger partial charge >= 0.3 is 0 Å². The van der Waals surface area contributed by atoms with E-state index < -0.39 is 10.0 Å². The summed E-state index contributed by atoms with van der Waals surface area (Å²) in [6.07, 6.45) is 1.94. The Morgan fingerprint density at radius 2 is 1.76 bits per heavy atom. The maximum Gasteiger partial charge on any atom is 0.261 e. The van der Waals surface area contributed by atoms with Crippen LogP contribution in [0, 0.1) is 11.3 Å². The molecular formula is C16H16N2O2S. The maximum atomic E-state index is 12.3. The summed E-state index contributed by atoms with van der Waals surface area (Å²) in [5.41, 5.74) is 1.69. The number of rotatable bonds is 5. The van der Waals surface area contributed by atoms with E-state index in [0.29, 0.717) is 5.56 Å². The molecule has 21 heavy (non-hydrogen) atoms. The summed E-state index contributed by atoms with van der Waals surface area (Å²) < 4.78 is 27.1. The summed E-state index contributed by atoms with van der Waals surface area (Å²) in [5, 5.41) is 9.00. The topological polar surface area (TPSA) is 70.0 Å². The van der Waals surface area contributed by atoms with Gasteiger partial charge in [-0.3, -0.25) is 4.72 Å². The van der Waals surface area contributed by atoms with Crippen molar-refractivity contribution >= 4 is 15.7 Å². The summed E-state index contributed by atoms with van der Waals surface area (Å²) >= 11 is 0. The van der Waals surface area contributed by atoms with Gasteiger partial charge in [-0.15, -0.1) is 0 Å². The number of hydrogen-bond acceptors (Lipinski definition) is 3. The van der Waals surface area contributed by atoms with Gasteiger partial charge in [-0.05, 0) is 36.2 Å². The highest BCUT2D eigenvalue weighted by molar-refractivity contribution is 7.92. The number of para-hydroxylation sites is 1. The fourth-order valence-corrected chi connectivity index (χ4v) is 3.08. The Morgan fingerprint density at radius 1 is 1.10 bits per heavy atom. The van der Waals surface area contributed by atoms with Crippen molar-refractivity contribution in [3.05, 3.63) is 59.7 Å².